The fraction of sp³-hybridized carbons (Fsp3) is 0.0526. The summed E-state index contributed by atoms with van der Waals surface area (Å²) in [5.74, 6) is 0. The van der Waals surface area contributed by atoms with Crippen molar-refractivity contribution in [2.45, 2.75) is 19.3 Å². The molecule has 0 atom stereocenters. The highest BCUT2D eigenvalue weighted by molar-refractivity contribution is 6.18. The van der Waals surface area contributed by atoms with E-state index in [-0.39, 0.29) is 5.41 Å². The van der Waals surface area contributed by atoms with Crippen molar-refractivity contribution in [3.8, 4) is 39.1 Å². The largest absolute Gasteiger partial charge is 0.455 e. The molecule has 0 saturated carbocycles. The molecule has 284 valence electrons. The van der Waals surface area contributed by atoms with Crippen LogP contribution < -0.4 is 4.90 Å². The van der Waals surface area contributed by atoms with E-state index < -0.39 is 0 Å². The highest BCUT2D eigenvalue weighted by Gasteiger charge is 2.35. The predicted octanol–water partition coefficient (Wildman–Crippen LogP) is 15.8. The van der Waals surface area contributed by atoms with Gasteiger partial charge < -0.3 is 13.9 Å². The maximum Gasteiger partial charge on any atom is 0.145 e. The van der Waals surface area contributed by atoms with E-state index in [1.807, 2.05) is 0 Å². The molecule has 0 bridgehead atoms. The molecule has 11 aromatic rings. The molecule has 0 spiro atoms. The Labute approximate surface area is 349 Å². The number of benzene rings is 9. The molecule has 0 radical (unpaired) electrons. The lowest BCUT2D eigenvalue weighted by molar-refractivity contribution is 0.660. The quantitative estimate of drug-likeness (QED) is 0.168. The van der Waals surface area contributed by atoms with E-state index in [2.05, 4.69) is 230 Å². The van der Waals surface area contributed by atoms with Crippen molar-refractivity contribution in [2.75, 3.05) is 4.90 Å². The lowest BCUT2D eigenvalue weighted by Crippen LogP contribution is -2.14. The molecule has 3 nitrogen and oxygen atoms in total. The monoisotopic (exact) mass is 768 g/mol. The van der Waals surface area contributed by atoms with Gasteiger partial charge in [0, 0.05) is 44.1 Å². The number of hydrogen-bond donors (Lipinski definition) is 0. The lowest BCUT2D eigenvalue weighted by Gasteiger charge is -2.27. The average molecular weight is 769 g/mol. The van der Waals surface area contributed by atoms with Crippen LogP contribution in [0.4, 0.5) is 17.1 Å². The summed E-state index contributed by atoms with van der Waals surface area (Å²) in [4.78, 5) is 2.39. The Morgan fingerprint density at radius 3 is 1.83 bits per heavy atom. The summed E-state index contributed by atoms with van der Waals surface area (Å²) in [7, 11) is 0. The third-order valence-electron chi connectivity index (χ3n) is 12.8. The molecule has 0 aliphatic heterocycles. The molecule has 60 heavy (non-hydrogen) atoms. The van der Waals surface area contributed by atoms with Gasteiger partial charge in [0.15, 0.2) is 0 Å². The number of hydrogen-bond acceptors (Lipinski definition) is 2. The smallest absolute Gasteiger partial charge is 0.145 e. The summed E-state index contributed by atoms with van der Waals surface area (Å²) < 4.78 is 9.40. The van der Waals surface area contributed by atoms with Gasteiger partial charge in [0.25, 0.3) is 0 Å². The van der Waals surface area contributed by atoms with Gasteiger partial charge in [0.2, 0.25) is 0 Å². The second-order valence-corrected chi connectivity index (χ2v) is 16.5. The Morgan fingerprint density at radius 1 is 0.433 bits per heavy atom. The molecule has 1 aliphatic rings. The number of nitrogens with zero attached hydrogens (tertiary/aromatic N) is 2. The van der Waals surface area contributed by atoms with E-state index in [4.69, 9.17) is 4.42 Å². The van der Waals surface area contributed by atoms with Crippen molar-refractivity contribution < 1.29 is 4.42 Å². The zero-order valence-electron chi connectivity index (χ0n) is 33.4. The summed E-state index contributed by atoms with van der Waals surface area (Å²) in [6.45, 7) is 4.70. The molecular formula is C57H40N2O. The van der Waals surface area contributed by atoms with Crippen LogP contribution in [0.5, 0.6) is 0 Å². The number of aromatic nitrogens is 1. The van der Waals surface area contributed by atoms with Crippen molar-refractivity contribution in [2.24, 2.45) is 0 Å². The Hall–Kier alpha value is -7.62. The highest BCUT2D eigenvalue weighted by atomic mass is 16.3. The van der Waals surface area contributed by atoms with Crippen molar-refractivity contribution in [1.29, 1.82) is 0 Å². The van der Waals surface area contributed by atoms with E-state index in [0.29, 0.717) is 0 Å². The van der Waals surface area contributed by atoms with Crippen LogP contribution in [0.15, 0.2) is 211 Å². The van der Waals surface area contributed by atoms with Gasteiger partial charge in [0.05, 0.1) is 27.8 Å². The van der Waals surface area contributed by atoms with Gasteiger partial charge >= 0.3 is 0 Å². The molecule has 0 fully saturated rings. The number of anilines is 3. The summed E-state index contributed by atoms with van der Waals surface area (Å²) in [5.41, 5.74) is 18.3. The number of para-hydroxylation sites is 5. The second-order valence-electron chi connectivity index (χ2n) is 16.5. The van der Waals surface area contributed by atoms with Gasteiger partial charge in [-0.25, -0.2) is 0 Å². The average Bonchev–Trinajstić information content (AvgIpc) is 3.93. The molecule has 0 amide bonds. The maximum absolute atomic E-state index is 6.99. The lowest BCUT2D eigenvalue weighted by atomic mass is 9.81. The summed E-state index contributed by atoms with van der Waals surface area (Å²) in [6, 6.07) is 74.7. The van der Waals surface area contributed by atoms with E-state index in [1.54, 1.807) is 0 Å². The first kappa shape index (κ1) is 34.4. The molecule has 2 heterocycles. The highest BCUT2D eigenvalue weighted by Crippen LogP contribution is 2.51. The van der Waals surface area contributed by atoms with Crippen LogP contribution in [0.25, 0.3) is 82.8 Å². The molecule has 2 aromatic heterocycles. The second kappa shape index (κ2) is 13.2. The Bertz CT molecular complexity index is 3420. The first-order valence-corrected chi connectivity index (χ1v) is 20.8. The Balaban J connectivity index is 1.06. The molecule has 0 saturated heterocycles. The van der Waals surface area contributed by atoms with Crippen LogP contribution in [-0.2, 0) is 5.41 Å². The minimum atomic E-state index is -0.0779. The van der Waals surface area contributed by atoms with E-state index in [1.165, 1.54) is 55.2 Å². The van der Waals surface area contributed by atoms with Gasteiger partial charge in [-0.15, -0.1) is 0 Å². The van der Waals surface area contributed by atoms with Crippen molar-refractivity contribution >= 4 is 60.8 Å². The van der Waals surface area contributed by atoms with Crippen LogP contribution in [-0.4, -0.2) is 4.57 Å². The molecule has 0 unspecified atom stereocenters. The van der Waals surface area contributed by atoms with Gasteiger partial charge in [-0.05, 0) is 100 Å². The van der Waals surface area contributed by atoms with Gasteiger partial charge in [-0.1, -0.05) is 153 Å². The van der Waals surface area contributed by atoms with Crippen LogP contribution in [0.1, 0.15) is 25.0 Å². The first-order chi connectivity index (χ1) is 29.5. The number of furan rings is 1. The van der Waals surface area contributed by atoms with Crippen LogP contribution in [0, 0.1) is 0 Å². The van der Waals surface area contributed by atoms with E-state index in [9.17, 15) is 0 Å². The topological polar surface area (TPSA) is 21.3 Å². The minimum Gasteiger partial charge on any atom is -0.455 e. The zero-order chi connectivity index (χ0) is 40.0. The standard InChI is InChI=1S/C57H40N2O/c1-57(2)48-26-11-6-21-41(48)42-32-31-38(36-49(42)57)37-17-16-20-40(35-37)58(39-18-4-3-5-19-39)53-34-33-46(56-55(53)47-25-10-15-30-54(47)60-56)45-24-9-14-29-52(45)59-50-27-12-7-22-43(50)44-23-8-13-28-51(44)59/h3-36H,1-2H3. The van der Waals surface area contributed by atoms with Gasteiger partial charge in [-0.2, -0.15) is 0 Å². The molecular weight excluding hydrogens is 729 g/mol. The normalized spacial score (nSPS) is 13.0. The fourth-order valence-electron chi connectivity index (χ4n) is 10.0. The Kier molecular flexibility index (Phi) is 7.58. The Morgan fingerprint density at radius 2 is 1.03 bits per heavy atom. The van der Waals surface area contributed by atoms with Crippen LogP contribution in [0.3, 0.4) is 0 Å². The zero-order valence-corrected chi connectivity index (χ0v) is 33.4. The van der Waals surface area contributed by atoms with Gasteiger partial charge in [0.1, 0.15) is 11.2 Å². The molecule has 0 N–H and O–H groups in total. The van der Waals surface area contributed by atoms with Crippen molar-refractivity contribution in [1.82, 2.24) is 4.57 Å². The van der Waals surface area contributed by atoms with Crippen LogP contribution in [0.2, 0.25) is 0 Å². The summed E-state index contributed by atoms with van der Waals surface area (Å²) in [5, 5.41) is 4.63. The van der Waals surface area contributed by atoms with Crippen molar-refractivity contribution in [3.05, 3.63) is 217 Å². The number of rotatable bonds is 6. The fourth-order valence-corrected chi connectivity index (χ4v) is 10.0. The predicted molar refractivity (Wildman–Crippen MR) is 251 cm³/mol. The van der Waals surface area contributed by atoms with E-state index in [0.717, 1.165) is 55.8 Å². The summed E-state index contributed by atoms with van der Waals surface area (Å²) in [6.07, 6.45) is 0. The van der Waals surface area contributed by atoms with E-state index >= 15 is 0 Å². The maximum atomic E-state index is 6.99. The van der Waals surface area contributed by atoms with Crippen LogP contribution >= 0.6 is 0 Å². The third-order valence-corrected chi connectivity index (χ3v) is 12.8. The third kappa shape index (κ3) is 5.09. The van der Waals surface area contributed by atoms with Gasteiger partial charge in [-0.3, -0.25) is 0 Å². The first-order valence-electron chi connectivity index (χ1n) is 20.8. The minimum absolute atomic E-state index is 0.0779. The molecule has 3 heteroatoms. The SMILES string of the molecule is CC1(C)c2ccccc2-c2ccc(-c3cccc(N(c4ccccc4)c4ccc(-c5ccccc5-n5c6ccccc6c6ccccc65)c5oc6ccccc6c45)c3)cc21. The summed E-state index contributed by atoms with van der Waals surface area (Å²) >= 11 is 0. The molecule has 1 aliphatic carbocycles. The molecule has 9 aromatic carbocycles. The van der Waals surface area contributed by atoms with Crippen molar-refractivity contribution in [3.63, 3.8) is 0 Å². The number of fused-ring (bicyclic) bond motifs is 9. The molecule has 12 rings (SSSR count).